The first-order valence-electron chi connectivity index (χ1n) is 5.62. The maximum absolute atomic E-state index is 11.2. The monoisotopic (exact) mass is 246 g/mol. The molecular weight excluding hydrogens is 236 g/mol. The topological polar surface area (TPSA) is 37.3 Å². The molecule has 0 bridgehead atoms. The van der Waals surface area contributed by atoms with Crippen molar-refractivity contribution in [2.75, 3.05) is 0 Å². The van der Waals surface area contributed by atoms with Crippen molar-refractivity contribution in [2.24, 2.45) is 0 Å². The summed E-state index contributed by atoms with van der Waals surface area (Å²) in [6.07, 6.45) is 5.12. The van der Waals surface area contributed by atoms with Crippen LogP contribution in [-0.2, 0) is 0 Å². The number of benzene rings is 2. The predicted molar refractivity (Wildman–Crippen MR) is 74.5 cm³/mol. The molecule has 2 aromatic rings. The van der Waals surface area contributed by atoms with Crippen LogP contribution >= 0.6 is 0 Å². The number of rotatable bonds is 2. The Hall–Kier alpha value is -2.97. The van der Waals surface area contributed by atoms with Crippen LogP contribution < -0.4 is 0 Å². The first-order chi connectivity index (χ1) is 9.24. The van der Waals surface area contributed by atoms with Gasteiger partial charge in [0, 0.05) is 5.56 Å². The van der Waals surface area contributed by atoms with E-state index >= 15 is 0 Å². The fourth-order valence-corrected chi connectivity index (χ4v) is 1.82. The molecule has 2 heteroatoms. The highest BCUT2D eigenvalue weighted by Gasteiger charge is 2.13. The molecule has 90 valence electrons. The molecular formula is C17H10O2. The standard InChI is InChI=1S/C17H10O2/c1-2-3-10-15-14(13-8-5-4-6-9-13)11-7-12-16(15)17(18)19/h1,4-9,11-12H,(H,18,19). The lowest BCUT2D eigenvalue weighted by atomic mass is 9.95. The minimum absolute atomic E-state index is 0.157. The molecule has 2 aromatic carbocycles. The Labute approximate surface area is 111 Å². The van der Waals surface area contributed by atoms with Crippen molar-refractivity contribution < 1.29 is 9.90 Å². The minimum atomic E-state index is -1.01. The third-order valence-electron chi connectivity index (χ3n) is 2.64. The molecule has 0 spiro atoms. The summed E-state index contributed by atoms with van der Waals surface area (Å²) >= 11 is 0. The Bertz CT molecular complexity index is 710. The van der Waals surface area contributed by atoms with Gasteiger partial charge in [-0.25, -0.2) is 4.79 Å². The molecule has 0 saturated carbocycles. The van der Waals surface area contributed by atoms with Gasteiger partial charge in [0.25, 0.3) is 0 Å². The van der Waals surface area contributed by atoms with Crippen molar-refractivity contribution in [1.29, 1.82) is 0 Å². The summed E-state index contributed by atoms with van der Waals surface area (Å²) in [4.78, 5) is 11.2. The van der Waals surface area contributed by atoms with E-state index in [9.17, 15) is 9.90 Å². The molecule has 0 aliphatic carbocycles. The van der Waals surface area contributed by atoms with Gasteiger partial charge >= 0.3 is 5.97 Å². The Balaban J connectivity index is 2.71. The lowest BCUT2D eigenvalue weighted by Crippen LogP contribution is -2.01. The van der Waals surface area contributed by atoms with Crippen LogP contribution in [0.15, 0.2) is 48.5 Å². The third kappa shape index (κ3) is 2.65. The lowest BCUT2D eigenvalue weighted by molar-refractivity contribution is 0.0696. The molecule has 0 atom stereocenters. The van der Waals surface area contributed by atoms with Crippen molar-refractivity contribution in [3.05, 3.63) is 59.7 Å². The van der Waals surface area contributed by atoms with E-state index in [0.29, 0.717) is 5.56 Å². The average Bonchev–Trinajstić information content (AvgIpc) is 2.45. The molecule has 2 nitrogen and oxygen atoms in total. The highest BCUT2D eigenvalue weighted by atomic mass is 16.4. The van der Waals surface area contributed by atoms with Crippen LogP contribution in [0.25, 0.3) is 11.1 Å². The normalized spacial score (nSPS) is 9.00. The van der Waals surface area contributed by atoms with Gasteiger partial charge in [0.1, 0.15) is 0 Å². The largest absolute Gasteiger partial charge is 0.478 e. The molecule has 0 radical (unpaired) electrons. The molecule has 0 aliphatic rings. The molecule has 19 heavy (non-hydrogen) atoms. The van der Waals surface area contributed by atoms with Gasteiger partial charge in [0.2, 0.25) is 0 Å². The SMILES string of the molecule is C#CC#Cc1c(C(=O)O)cccc1-c1ccccc1. The molecule has 0 aromatic heterocycles. The van der Waals surface area contributed by atoms with Crippen molar-refractivity contribution in [3.8, 4) is 35.3 Å². The zero-order chi connectivity index (χ0) is 13.7. The average molecular weight is 246 g/mol. The van der Waals surface area contributed by atoms with Crippen LogP contribution in [-0.4, -0.2) is 11.1 Å². The summed E-state index contributed by atoms with van der Waals surface area (Å²) in [6.45, 7) is 0. The summed E-state index contributed by atoms with van der Waals surface area (Å²) in [5.41, 5.74) is 2.28. The highest BCUT2D eigenvalue weighted by molar-refractivity contribution is 5.94. The smallest absolute Gasteiger partial charge is 0.336 e. The van der Waals surface area contributed by atoms with E-state index in [-0.39, 0.29) is 5.56 Å². The number of hydrogen-bond donors (Lipinski definition) is 1. The van der Waals surface area contributed by atoms with Crippen molar-refractivity contribution in [3.63, 3.8) is 0 Å². The van der Waals surface area contributed by atoms with Gasteiger partial charge in [-0.1, -0.05) is 48.4 Å². The van der Waals surface area contributed by atoms with Gasteiger partial charge in [-0.2, -0.15) is 0 Å². The van der Waals surface area contributed by atoms with Crippen molar-refractivity contribution >= 4 is 5.97 Å². The molecule has 1 N–H and O–H groups in total. The number of hydrogen-bond acceptors (Lipinski definition) is 1. The van der Waals surface area contributed by atoms with Gasteiger partial charge in [-0.3, -0.25) is 0 Å². The molecule has 0 fully saturated rings. The maximum Gasteiger partial charge on any atom is 0.336 e. The Morgan fingerprint density at radius 3 is 2.42 bits per heavy atom. The van der Waals surface area contributed by atoms with E-state index in [1.54, 1.807) is 6.07 Å². The summed E-state index contributed by atoms with van der Waals surface area (Å²) in [5.74, 6) is 6.42. The van der Waals surface area contributed by atoms with Crippen LogP contribution in [0, 0.1) is 24.2 Å². The second-order valence-electron chi connectivity index (χ2n) is 3.79. The van der Waals surface area contributed by atoms with Crippen LogP contribution in [0.1, 0.15) is 15.9 Å². The van der Waals surface area contributed by atoms with E-state index in [0.717, 1.165) is 11.1 Å². The molecule has 0 unspecified atom stereocenters. The Morgan fingerprint density at radius 2 is 1.79 bits per heavy atom. The third-order valence-corrected chi connectivity index (χ3v) is 2.64. The zero-order valence-corrected chi connectivity index (χ0v) is 10.1. The van der Waals surface area contributed by atoms with Gasteiger partial charge in [-0.05, 0) is 29.0 Å². The number of carboxylic acids is 1. The summed E-state index contributed by atoms with van der Waals surface area (Å²) < 4.78 is 0. The van der Waals surface area contributed by atoms with Gasteiger partial charge < -0.3 is 5.11 Å². The van der Waals surface area contributed by atoms with E-state index in [1.165, 1.54) is 6.07 Å². The van der Waals surface area contributed by atoms with Gasteiger partial charge in [0.15, 0.2) is 0 Å². The van der Waals surface area contributed by atoms with Gasteiger partial charge in [-0.15, -0.1) is 6.42 Å². The molecule has 0 heterocycles. The predicted octanol–water partition coefficient (Wildman–Crippen LogP) is 3.04. The first-order valence-corrected chi connectivity index (χ1v) is 5.62. The van der Waals surface area contributed by atoms with E-state index in [4.69, 9.17) is 6.42 Å². The van der Waals surface area contributed by atoms with E-state index in [2.05, 4.69) is 17.8 Å². The number of terminal acetylenes is 1. The first kappa shape index (κ1) is 12.5. The number of aromatic carboxylic acids is 1. The number of carbonyl (C=O) groups is 1. The van der Waals surface area contributed by atoms with E-state index in [1.807, 2.05) is 36.4 Å². The maximum atomic E-state index is 11.2. The fraction of sp³-hybridized carbons (Fsp3) is 0. The molecule has 2 rings (SSSR count). The van der Waals surface area contributed by atoms with Crippen LogP contribution in [0.3, 0.4) is 0 Å². The van der Waals surface area contributed by atoms with Crippen LogP contribution in [0.5, 0.6) is 0 Å². The number of carboxylic acid groups (broad SMARTS) is 1. The second kappa shape index (κ2) is 5.58. The quantitative estimate of drug-likeness (QED) is 0.827. The summed E-state index contributed by atoms with van der Waals surface area (Å²) in [5, 5.41) is 9.22. The molecule has 0 saturated heterocycles. The highest BCUT2D eigenvalue weighted by Crippen LogP contribution is 2.25. The molecule has 0 aliphatic heterocycles. The summed E-state index contributed by atoms with van der Waals surface area (Å²) in [6, 6.07) is 14.5. The van der Waals surface area contributed by atoms with Crippen molar-refractivity contribution in [2.45, 2.75) is 0 Å². The van der Waals surface area contributed by atoms with Crippen LogP contribution in [0.2, 0.25) is 0 Å². The fourth-order valence-electron chi connectivity index (χ4n) is 1.82. The second-order valence-corrected chi connectivity index (χ2v) is 3.79. The Morgan fingerprint density at radius 1 is 1.05 bits per heavy atom. The molecule has 0 amide bonds. The lowest BCUT2D eigenvalue weighted by Gasteiger charge is -2.07. The Kier molecular flexibility index (Phi) is 3.67. The van der Waals surface area contributed by atoms with E-state index < -0.39 is 5.97 Å². The van der Waals surface area contributed by atoms with Crippen LogP contribution in [0.4, 0.5) is 0 Å². The van der Waals surface area contributed by atoms with Gasteiger partial charge in [0.05, 0.1) is 5.56 Å². The minimum Gasteiger partial charge on any atom is -0.478 e. The summed E-state index contributed by atoms with van der Waals surface area (Å²) in [7, 11) is 0. The zero-order valence-electron chi connectivity index (χ0n) is 10.1. The van der Waals surface area contributed by atoms with Crippen molar-refractivity contribution in [1.82, 2.24) is 0 Å².